The molecule has 0 aliphatic heterocycles. The van der Waals surface area contributed by atoms with E-state index in [1.54, 1.807) is 6.07 Å². The van der Waals surface area contributed by atoms with Crippen molar-refractivity contribution in [2.75, 3.05) is 13.2 Å². The Morgan fingerprint density at radius 3 is 1.83 bits per heavy atom. The fourth-order valence-electron chi connectivity index (χ4n) is 5.98. The van der Waals surface area contributed by atoms with Gasteiger partial charge >= 0.3 is 5.97 Å². The highest BCUT2D eigenvalue weighted by atomic mass is 19.2. The molecule has 4 rings (SSSR count). The average molecular weight is 579 g/mol. The molecule has 0 N–H and O–H groups in total. The van der Waals surface area contributed by atoms with E-state index in [2.05, 4.69) is 6.92 Å². The van der Waals surface area contributed by atoms with E-state index in [0.717, 1.165) is 45.1 Å². The van der Waals surface area contributed by atoms with Crippen LogP contribution >= 0.6 is 0 Å². The van der Waals surface area contributed by atoms with Gasteiger partial charge in [-0.25, -0.2) is 18.0 Å². The van der Waals surface area contributed by atoms with Crippen LogP contribution in [-0.4, -0.2) is 31.4 Å². The number of rotatable bonds is 12. The van der Waals surface area contributed by atoms with Gasteiger partial charge in [0.2, 0.25) is 5.82 Å². The Kier molecular flexibility index (Phi) is 11.5. The number of esters is 1. The zero-order valence-corrected chi connectivity index (χ0v) is 24.2. The highest BCUT2D eigenvalue weighted by Crippen LogP contribution is 2.39. The molecule has 2 aromatic carbocycles. The number of ether oxygens (including phenoxy) is 3. The van der Waals surface area contributed by atoms with Crippen molar-refractivity contribution < 1.29 is 36.6 Å². The fraction of sp³-hybridized carbons (Fsp3) is 0.606. The van der Waals surface area contributed by atoms with Crippen LogP contribution in [0.2, 0.25) is 0 Å². The van der Waals surface area contributed by atoms with Crippen molar-refractivity contribution in [2.45, 2.75) is 115 Å². The first kappa shape index (κ1) is 31.3. The zero-order chi connectivity index (χ0) is 29.4. The molecule has 41 heavy (non-hydrogen) atoms. The lowest BCUT2D eigenvalue weighted by Crippen LogP contribution is -2.25. The Labute approximate surface area is 240 Å². The van der Waals surface area contributed by atoms with Crippen molar-refractivity contribution in [3.05, 3.63) is 64.2 Å². The van der Waals surface area contributed by atoms with E-state index in [1.165, 1.54) is 18.2 Å². The van der Waals surface area contributed by atoms with Crippen LogP contribution in [0.4, 0.5) is 17.6 Å². The second-order valence-corrected chi connectivity index (χ2v) is 11.4. The van der Waals surface area contributed by atoms with Gasteiger partial charge in [-0.3, -0.25) is 0 Å². The first-order valence-corrected chi connectivity index (χ1v) is 15.2. The second-order valence-electron chi connectivity index (χ2n) is 11.4. The van der Waals surface area contributed by atoms with E-state index in [0.29, 0.717) is 50.7 Å². The van der Waals surface area contributed by atoms with Gasteiger partial charge < -0.3 is 14.2 Å². The van der Waals surface area contributed by atoms with Gasteiger partial charge in [-0.15, -0.1) is 0 Å². The lowest BCUT2D eigenvalue weighted by atomic mass is 9.82. The lowest BCUT2D eigenvalue weighted by Gasteiger charge is -2.30. The van der Waals surface area contributed by atoms with Crippen molar-refractivity contribution >= 4 is 5.97 Å². The molecule has 2 fully saturated rings. The molecule has 8 heteroatoms. The summed E-state index contributed by atoms with van der Waals surface area (Å²) < 4.78 is 76.2. The van der Waals surface area contributed by atoms with Crippen LogP contribution in [0, 0.1) is 23.3 Å². The molecular formula is C33H42F4O4. The van der Waals surface area contributed by atoms with Gasteiger partial charge in [-0.1, -0.05) is 38.8 Å². The SMILES string of the molecule is CCCCOc1ccc(C2CCC(OC(=O)c3ccc(C4CCC(OCCCC)CC4)c(F)c3F)CC2)c(F)c1F. The number of halogens is 4. The normalized spacial score (nSPS) is 22.9. The highest BCUT2D eigenvalue weighted by molar-refractivity contribution is 5.90. The Morgan fingerprint density at radius 1 is 0.683 bits per heavy atom. The van der Waals surface area contributed by atoms with Crippen LogP contribution in [-0.2, 0) is 9.47 Å². The Balaban J connectivity index is 1.30. The quantitative estimate of drug-likeness (QED) is 0.143. The van der Waals surface area contributed by atoms with Crippen LogP contribution in [0.25, 0.3) is 0 Å². The Morgan fingerprint density at radius 2 is 1.22 bits per heavy atom. The summed E-state index contributed by atoms with van der Waals surface area (Å²) in [5, 5.41) is 0. The largest absolute Gasteiger partial charge is 0.490 e. The van der Waals surface area contributed by atoms with Crippen LogP contribution in [0.5, 0.6) is 5.75 Å². The topological polar surface area (TPSA) is 44.8 Å². The zero-order valence-electron chi connectivity index (χ0n) is 24.2. The summed E-state index contributed by atoms with van der Waals surface area (Å²) in [6, 6.07) is 5.83. The molecule has 0 unspecified atom stereocenters. The van der Waals surface area contributed by atoms with E-state index in [9.17, 15) is 13.6 Å². The first-order chi connectivity index (χ1) is 19.8. The summed E-state index contributed by atoms with van der Waals surface area (Å²) in [6.45, 7) is 5.15. The van der Waals surface area contributed by atoms with Crippen LogP contribution in [0.15, 0.2) is 24.3 Å². The standard InChI is InChI=1S/C33H42F4O4/c1-3-5-19-39-23-11-7-21(8-12-23)25-15-16-27(31(36)29(25)34)33(38)41-24-13-9-22(10-14-24)26-17-18-28(32(37)30(26)35)40-20-6-4-2/h15-18,21-24H,3-14,19-20H2,1-2H3. The van der Waals surface area contributed by atoms with Crippen molar-refractivity contribution in [2.24, 2.45) is 0 Å². The van der Waals surface area contributed by atoms with Crippen LogP contribution < -0.4 is 4.74 Å². The molecule has 0 aromatic heterocycles. The molecule has 2 aromatic rings. The monoisotopic (exact) mass is 578 g/mol. The number of benzene rings is 2. The summed E-state index contributed by atoms with van der Waals surface area (Å²) >= 11 is 0. The molecule has 226 valence electrons. The number of hydrogen-bond acceptors (Lipinski definition) is 4. The second kappa shape index (κ2) is 15.0. The maximum absolute atomic E-state index is 15.1. The predicted octanol–water partition coefficient (Wildman–Crippen LogP) is 9.15. The van der Waals surface area contributed by atoms with Gasteiger partial charge in [0, 0.05) is 6.61 Å². The molecule has 0 spiro atoms. The number of unbranched alkanes of at least 4 members (excludes halogenated alkanes) is 2. The first-order valence-electron chi connectivity index (χ1n) is 15.2. The molecule has 0 bridgehead atoms. The van der Waals surface area contributed by atoms with Gasteiger partial charge in [0.15, 0.2) is 23.2 Å². The van der Waals surface area contributed by atoms with E-state index < -0.39 is 40.9 Å². The minimum Gasteiger partial charge on any atom is -0.490 e. The molecule has 0 heterocycles. The molecule has 0 atom stereocenters. The smallest absolute Gasteiger partial charge is 0.341 e. The summed E-state index contributed by atoms with van der Waals surface area (Å²) in [5.41, 5.74) is 0.153. The van der Waals surface area contributed by atoms with Crippen molar-refractivity contribution in [1.29, 1.82) is 0 Å². The minimum atomic E-state index is -1.18. The fourth-order valence-corrected chi connectivity index (χ4v) is 5.98. The van der Waals surface area contributed by atoms with E-state index >= 15 is 8.78 Å². The summed E-state index contributed by atoms with van der Waals surface area (Å²) in [6.07, 6.45) is 8.18. The lowest BCUT2D eigenvalue weighted by molar-refractivity contribution is 0.0188. The van der Waals surface area contributed by atoms with Crippen LogP contribution in [0.1, 0.15) is 124 Å². The molecular weight excluding hydrogens is 536 g/mol. The highest BCUT2D eigenvalue weighted by Gasteiger charge is 2.31. The van der Waals surface area contributed by atoms with Crippen molar-refractivity contribution in [1.82, 2.24) is 0 Å². The Bertz CT molecular complexity index is 1150. The van der Waals surface area contributed by atoms with Gasteiger partial charge in [-0.2, -0.15) is 4.39 Å². The molecule has 2 saturated carbocycles. The molecule has 2 aliphatic carbocycles. The third-order valence-electron chi connectivity index (χ3n) is 8.52. The van der Waals surface area contributed by atoms with Gasteiger partial charge in [0.1, 0.15) is 6.10 Å². The molecule has 2 aliphatic rings. The van der Waals surface area contributed by atoms with Gasteiger partial charge in [0.05, 0.1) is 18.3 Å². The summed E-state index contributed by atoms with van der Waals surface area (Å²) in [5.74, 6) is -5.40. The van der Waals surface area contributed by atoms with E-state index in [-0.39, 0.29) is 29.3 Å². The maximum Gasteiger partial charge on any atom is 0.341 e. The van der Waals surface area contributed by atoms with E-state index in [4.69, 9.17) is 14.2 Å². The van der Waals surface area contributed by atoms with Gasteiger partial charge in [-0.05, 0) is 99.3 Å². The summed E-state index contributed by atoms with van der Waals surface area (Å²) in [4.78, 5) is 12.8. The Hall–Kier alpha value is -2.61. The third-order valence-corrected chi connectivity index (χ3v) is 8.52. The third kappa shape index (κ3) is 7.82. The molecule has 4 nitrogen and oxygen atoms in total. The predicted molar refractivity (Wildman–Crippen MR) is 149 cm³/mol. The number of hydrogen-bond donors (Lipinski definition) is 0. The maximum atomic E-state index is 15.1. The van der Waals surface area contributed by atoms with Crippen LogP contribution in [0.3, 0.4) is 0 Å². The average Bonchev–Trinajstić information content (AvgIpc) is 2.98. The number of carbonyl (C=O) groups is 1. The minimum absolute atomic E-state index is 0.0910. The number of carbonyl (C=O) groups excluding carboxylic acids is 1. The molecule has 0 amide bonds. The van der Waals surface area contributed by atoms with Crippen molar-refractivity contribution in [3.8, 4) is 5.75 Å². The molecule has 0 saturated heterocycles. The van der Waals surface area contributed by atoms with Crippen molar-refractivity contribution in [3.63, 3.8) is 0 Å². The van der Waals surface area contributed by atoms with Gasteiger partial charge in [0.25, 0.3) is 0 Å². The summed E-state index contributed by atoms with van der Waals surface area (Å²) in [7, 11) is 0. The van der Waals surface area contributed by atoms with E-state index in [1.807, 2.05) is 6.92 Å². The molecule has 0 radical (unpaired) electrons.